The van der Waals surface area contributed by atoms with Crippen molar-refractivity contribution in [1.29, 1.82) is 0 Å². The number of aliphatic hydroxyl groups excluding tert-OH is 2. The Bertz CT molecular complexity index is 279. The monoisotopic (exact) mass is 330 g/mol. The van der Waals surface area contributed by atoms with Gasteiger partial charge in [-0.3, -0.25) is 4.79 Å². The first-order chi connectivity index (χ1) is 11.0. The van der Waals surface area contributed by atoms with Crippen LogP contribution in [0.25, 0.3) is 0 Å². The topological polar surface area (TPSA) is 77.8 Å². The van der Waals surface area contributed by atoms with E-state index in [9.17, 15) is 15.0 Å². The summed E-state index contributed by atoms with van der Waals surface area (Å²) < 4.78 is 0. The van der Waals surface area contributed by atoms with Gasteiger partial charge in [0.05, 0.1) is 12.2 Å². The number of aliphatic hydroxyl groups is 2. The highest BCUT2D eigenvalue weighted by molar-refractivity contribution is 5.66. The lowest BCUT2D eigenvalue weighted by atomic mass is 9.90. The number of hydrogen-bond acceptors (Lipinski definition) is 3. The van der Waals surface area contributed by atoms with Crippen molar-refractivity contribution in [2.45, 2.75) is 110 Å². The summed E-state index contributed by atoms with van der Waals surface area (Å²) in [7, 11) is 0. The summed E-state index contributed by atoms with van der Waals surface area (Å²) in [5.41, 5.74) is 0. The van der Waals surface area contributed by atoms with Crippen molar-refractivity contribution in [2.24, 2.45) is 5.92 Å². The number of hydrogen-bond donors (Lipinski definition) is 3. The molecule has 4 nitrogen and oxygen atoms in total. The molecule has 0 bridgehead atoms. The highest BCUT2D eigenvalue weighted by atomic mass is 16.4. The first kappa shape index (κ1) is 22.4. The van der Waals surface area contributed by atoms with Gasteiger partial charge >= 0.3 is 5.97 Å². The van der Waals surface area contributed by atoms with E-state index in [1.54, 1.807) is 0 Å². The maximum atomic E-state index is 10.4. The van der Waals surface area contributed by atoms with E-state index >= 15 is 0 Å². The van der Waals surface area contributed by atoms with Crippen LogP contribution in [0, 0.1) is 5.92 Å². The molecule has 23 heavy (non-hydrogen) atoms. The van der Waals surface area contributed by atoms with Crippen LogP contribution in [-0.4, -0.2) is 33.5 Å². The fourth-order valence-corrected chi connectivity index (χ4v) is 3.05. The molecular weight excluding hydrogens is 292 g/mol. The molecule has 3 atom stereocenters. The Hall–Kier alpha value is -0.610. The Morgan fingerprint density at radius 2 is 1.39 bits per heavy atom. The minimum Gasteiger partial charge on any atom is -0.481 e. The van der Waals surface area contributed by atoms with Gasteiger partial charge in [-0.1, -0.05) is 51.9 Å². The number of carboxylic acids is 1. The number of carboxylic acid groups (broad SMARTS) is 1. The van der Waals surface area contributed by atoms with Crippen molar-refractivity contribution in [3.8, 4) is 0 Å². The lowest BCUT2D eigenvalue weighted by Crippen LogP contribution is -2.17. The minimum absolute atomic E-state index is 0.188. The molecule has 138 valence electrons. The summed E-state index contributed by atoms with van der Waals surface area (Å²) in [5.74, 6) is -0.415. The van der Waals surface area contributed by atoms with Crippen LogP contribution in [0.4, 0.5) is 0 Å². The van der Waals surface area contributed by atoms with Crippen LogP contribution in [-0.2, 0) is 4.79 Å². The van der Waals surface area contributed by atoms with Gasteiger partial charge in [-0.05, 0) is 44.9 Å². The Kier molecular flexibility index (Phi) is 14.6. The largest absolute Gasteiger partial charge is 0.481 e. The summed E-state index contributed by atoms with van der Waals surface area (Å²) in [6.45, 7) is 4.02. The quantitative estimate of drug-likeness (QED) is 0.364. The van der Waals surface area contributed by atoms with Gasteiger partial charge < -0.3 is 15.3 Å². The molecule has 3 N–H and O–H groups in total. The van der Waals surface area contributed by atoms with Crippen LogP contribution in [0.1, 0.15) is 97.3 Å². The fraction of sp³-hybridized carbons (Fsp3) is 0.947. The number of aliphatic carboxylic acids is 1. The zero-order valence-corrected chi connectivity index (χ0v) is 15.2. The molecule has 0 saturated carbocycles. The molecule has 0 radical (unpaired) electrons. The van der Waals surface area contributed by atoms with Crippen LogP contribution < -0.4 is 0 Å². The second-order valence-electron chi connectivity index (χ2n) is 6.93. The molecule has 0 amide bonds. The highest BCUT2D eigenvalue weighted by Crippen LogP contribution is 2.22. The maximum absolute atomic E-state index is 10.4. The molecule has 0 fully saturated rings. The first-order valence-electron chi connectivity index (χ1n) is 9.55. The van der Waals surface area contributed by atoms with Crippen molar-refractivity contribution in [2.75, 3.05) is 0 Å². The van der Waals surface area contributed by atoms with Crippen molar-refractivity contribution >= 4 is 5.97 Å². The van der Waals surface area contributed by atoms with Crippen molar-refractivity contribution in [3.63, 3.8) is 0 Å². The zero-order chi connectivity index (χ0) is 17.5. The summed E-state index contributed by atoms with van der Waals surface area (Å²) in [6.07, 6.45) is 11.7. The summed E-state index contributed by atoms with van der Waals surface area (Å²) >= 11 is 0. The van der Waals surface area contributed by atoms with E-state index in [0.717, 1.165) is 64.2 Å². The lowest BCUT2D eigenvalue weighted by Gasteiger charge is -2.20. The van der Waals surface area contributed by atoms with E-state index in [-0.39, 0.29) is 18.6 Å². The minimum atomic E-state index is -0.718. The highest BCUT2D eigenvalue weighted by Gasteiger charge is 2.15. The van der Waals surface area contributed by atoms with E-state index in [1.165, 1.54) is 12.8 Å². The Labute approximate surface area is 142 Å². The molecule has 0 aromatic carbocycles. The molecule has 0 aliphatic carbocycles. The van der Waals surface area contributed by atoms with Gasteiger partial charge in [0.15, 0.2) is 0 Å². The van der Waals surface area contributed by atoms with Crippen LogP contribution in [0.2, 0.25) is 0 Å². The van der Waals surface area contributed by atoms with Crippen molar-refractivity contribution in [1.82, 2.24) is 0 Å². The normalized spacial score (nSPS) is 15.3. The third-order valence-electron chi connectivity index (χ3n) is 4.65. The van der Waals surface area contributed by atoms with E-state index in [4.69, 9.17) is 5.11 Å². The molecule has 0 spiro atoms. The van der Waals surface area contributed by atoms with Crippen LogP contribution >= 0.6 is 0 Å². The van der Waals surface area contributed by atoms with Crippen LogP contribution in [0.3, 0.4) is 0 Å². The summed E-state index contributed by atoms with van der Waals surface area (Å²) in [5, 5.41) is 28.4. The Morgan fingerprint density at radius 3 is 2.00 bits per heavy atom. The van der Waals surface area contributed by atoms with E-state index < -0.39 is 5.97 Å². The Balaban J connectivity index is 3.71. The van der Waals surface area contributed by atoms with Gasteiger partial charge in [0.1, 0.15) is 0 Å². The van der Waals surface area contributed by atoms with E-state index in [1.807, 2.05) is 6.92 Å². The fourth-order valence-electron chi connectivity index (χ4n) is 3.05. The molecule has 0 aliphatic heterocycles. The number of carbonyl (C=O) groups is 1. The maximum Gasteiger partial charge on any atom is 0.303 e. The van der Waals surface area contributed by atoms with E-state index in [0.29, 0.717) is 5.92 Å². The van der Waals surface area contributed by atoms with Gasteiger partial charge in [0, 0.05) is 6.42 Å². The van der Waals surface area contributed by atoms with Gasteiger partial charge in [0.2, 0.25) is 0 Å². The Morgan fingerprint density at radius 1 is 0.826 bits per heavy atom. The lowest BCUT2D eigenvalue weighted by molar-refractivity contribution is -0.137. The summed E-state index contributed by atoms with van der Waals surface area (Å²) in [4.78, 5) is 10.4. The summed E-state index contributed by atoms with van der Waals surface area (Å²) in [6, 6.07) is 0. The molecule has 0 aromatic heterocycles. The van der Waals surface area contributed by atoms with Crippen LogP contribution in [0.15, 0.2) is 0 Å². The smallest absolute Gasteiger partial charge is 0.303 e. The molecular formula is C19H38O4. The van der Waals surface area contributed by atoms with Crippen molar-refractivity contribution < 1.29 is 20.1 Å². The molecule has 0 aromatic rings. The molecule has 4 heteroatoms. The second kappa shape index (κ2) is 14.9. The third-order valence-corrected chi connectivity index (χ3v) is 4.65. The van der Waals surface area contributed by atoms with E-state index in [2.05, 4.69) is 6.92 Å². The van der Waals surface area contributed by atoms with Gasteiger partial charge in [0.25, 0.3) is 0 Å². The average Bonchev–Trinajstić information content (AvgIpc) is 2.48. The van der Waals surface area contributed by atoms with Gasteiger partial charge in [-0.2, -0.15) is 0 Å². The molecule has 0 heterocycles. The zero-order valence-electron chi connectivity index (χ0n) is 15.2. The van der Waals surface area contributed by atoms with Crippen molar-refractivity contribution in [3.05, 3.63) is 0 Å². The third kappa shape index (κ3) is 14.7. The van der Waals surface area contributed by atoms with Gasteiger partial charge in [-0.15, -0.1) is 0 Å². The van der Waals surface area contributed by atoms with Crippen LogP contribution in [0.5, 0.6) is 0 Å². The standard InChI is InChI=1S/C19H38O4/c1-3-4-7-13-18(21)14-10-12-17(16(2)20)11-8-5-6-9-15-19(22)23/h16-18,20-21H,3-15H2,1-2H3,(H,22,23)/t16-,17+,18+/m1/s1. The predicted molar refractivity (Wildman–Crippen MR) is 94.5 cm³/mol. The molecule has 0 saturated heterocycles. The average molecular weight is 331 g/mol. The number of unbranched alkanes of at least 4 members (excludes halogenated alkanes) is 5. The molecule has 0 unspecified atom stereocenters. The first-order valence-corrected chi connectivity index (χ1v) is 9.55. The predicted octanol–water partition coefficient (Wildman–Crippen LogP) is 4.52. The van der Waals surface area contributed by atoms with Gasteiger partial charge in [-0.25, -0.2) is 0 Å². The molecule has 0 rings (SSSR count). The molecule has 0 aliphatic rings. The number of rotatable bonds is 16. The SMILES string of the molecule is CCCCC[C@H](O)CCC[C@H](CCCCCCC(=O)O)[C@@H](C)O. The second-order valence-corrected chi connectivity index (χ2v) is 6.93.